The van der Waals surface area contributed by atoms with E-state index in [4.69, 9.17) is 0 Å². The second kappa shape index (κ2) is 6.74. The van der Waals surface area contributed by atoms with Gasteiger partial charge in [-0.2, -0.15) is 9.82 Å². The molecule has 8 heteroatoms. The molecule has 1 aliphatic rings. The number of sulfonamides is 1. The monoisotopic (exact) mass is 348 g/mol. The van der Waals surface area contributed by atoms with Gasteiger partial charge < -0.3 is 5.32 Å². The Balaban J connectivity index is 1.79. The molecule has 1 aliphatic carbocycles. The van der Waals surface area contributed by atoms with Gasteiger partial charge in [-0.05, 0) is 24.8 Å². The van der Waals surface area contributed by atoms with Crippen LogP contribution in [0.1, 0.15) is 18.4 Å². The minimum Gasteiger partial charge on any atom is -0.352 e. The number of carbonyl (C=O) groups is 1. The van der Waals surface area contributed by atoms with Crippen LogP contribution in [-0.4, -0.2) is 36.2 Å². The van der Waals surface area contributed by atoms with E-state index in [1.807, 2.05) is 30.3 Å². The average Bonchev–Trinajstić information content (AvgIpc) is 3.24. The maximum Gasteiger partial charge on any atom is 0.244 e. The lowest BCUT2D eigenvalue weighted by atomic mass is 10.1. The number of aromatic nitrogens is 2. The van der Waals surface area contributed by atoms with Gasteiger partial charge in [-0.25, -0.2) is 8.42 Å². The molecule has 0 spiro atoms. The summed E-state index contributed by atoms with van der Waals surface area (Å²) >= 11 is 0. The van der Waals surface area contributed by atoms with E-state index in [9.17, 15) is 13.2 Å². The molecular weight excluding hydrogens is 328 g/mol. The van der Waals surface area contributed by atoms with Crippen molar-refractivity contribution in [3.8, 4) is 0 Å². The van der Waals surface area contributed by atoms with Crippen LogP contribution in [0.2, 0.25) is 0 Å². The van der Waals surface area contributed by atoms with Crippen LogP contribution in [0.3, 0.4) is 0 Å². The van der Waals surface area contributed by atoms with Gasteiger partial charge in [0.05, 0.1) is 6.20 Å². The molecular formula is C16H20N4O3S. The van der Waals surface area contributed by atoms with Gasteiger partial charge in [0.25, 0.3) is 0 Å². The number of aryl methyl sites for hydroxylation is 1. The van der Waals surface area contributed by atoms with Gasteiger partial charge in [-0.1, -0.05) is 30.3 Å². The van der Waals surface area contributed by atoms with E-state index in [0.29, 0.717) is 6.42 Å². The first-order valence-corrected chi connectivity index (χ1v) is 9.27. The number of carbonyl (C=O) groups excluding carboxylic acids is 1. The number of rotatable bonds is 7. The molecule has 1 fully saturated rings. The summed E-state index contributed by atoms with van der Waals surface area (Å²) in [7, 11) is -2.17. The van der Waals surface area contributed by atoms with Gasteiger partial charge >= 0.3 is 0 Å². The third kappa shape index (κ3) is 4.21. The van der Waals surface area contributed by atoms with Gasteiger partial charge in [0.15, 0.2) is 0 Å². The molecule has 1 heterocycles. The molecule has 1 unspecified atom stereocenters. The van der Waals surface area contributed by atoms with Crippen LogP contribution in [0.5, 0.6) is 0 Å². The highest BCUT2D eigenvalue weighted by Gasteiger charge is 2.31. The Kier molecular flexibility index (Phi) is 4.68. The van der Waals surface area contributed by atoms with Crippen molar-refractivity contribution < 1.29 is 13.2 Å². The standard InChI is InChI=1S/C16H20N4O3S/c1-20-11-14(10-17-20)24(22,23)19-15(16(21)18-13-7-8-13)9-12-5-3-2-4-6-12/h2-6,10-11,13,15,19H,7-9H2,1H3,(H,18,21). The Hall–Kier alpha value is -2.19. The Bertz CT molecular complexity index is 813. The Labute approximate surface area is 141 Å². The predicted octanol–water partition coefficient (Wildman–Crippen LogP) is 0.588. The number of hydrogen-bond donors (Lipinski definition) is 2. The van der Waals surface area contributed by atoms with Crippen LogP contribution in [0.25, 0.3) is 0 Å². The number of benzene rings is 1. The van der Waals surface area contributed by atoms with E-state index >= 15 is 0 Å². The quantitative estimate of drug-likeness (QED) is 0.766. The lowest BCUT2D eigenvalue weighted by molar-refractivity contribution is -0.122. The van der Waals surface area contributed by atoms with Gasteiger partial charge in [0.1, 0.15) is 10.9 Å². The van der Waals surface area contributed by atoms with Crippen molar-refractivity contribution >= 4 is 15.9 Å². The molecule has 1 saturated carbocycles. The van der Waals surface area contributed by atoms with Gasteiger partial charge in [0.2, 0.25) is 15.9 Å². The second-order valence-electron chi connectivity index (χ2n) is 6.00. The number of hydrogen-bond acceptors (Lipinski definition) is 4. The van der Waals surface area contributed by atoms with Crippen molar-refractivity contribution in [3.63, 3.8) is 0 Å². The largest absolute Gasteiger partial charge is 0.352 e. The molecule has 7 nitrogen and oxygen atoms in total. The SMILES string of the molecule is Cn1cc(S(=O)(=O)NC(Cc2ccccc2)C(=O)NC2CC2)cn1. The van der Waals surface area contributed by atoms with Crippen LogP contribution >= 0.6 is 0 Å². The molecule has 128 valence electrons. The Morgan fingerprint density at radius 1 is 1.33 bits per heavy atom. The zero-order chi connectivity index (χ0) is 17.2. The average molecular weight is 348 g/mol. The van der Waals surface area contributed by atoms with Crippen molar-refractivity contribution in [1.82, 2.24) is 19.8 Å². The van der Waals surface area contributed by atoms with Crippen LogP contribution in [-0.2, 0) is 28.3 Å². The molecule has 3 rings (SSSR count). The summed E-state index contributed by atoms with van der Waals surface area (Å²) in [4.78, 5) is 12.5. The minimum absolute atomic E-state index is 0.0438. The summed E-state index contributed by atoms with van der Waals surface area (Å²) in [6.45, 7) is 0. The number of nitrogens with one attached hydrogen (secondary N) is 2. The first-order valence-electron chi connectivity index (χ1n) is 7.79. The Morgan fingerprint density at radius 2 is 2.04 bits per heavy atom. The van der Waals surface area contributed by atoms with E-state index in [1.165, 1.54) is 17.1 Å². The molecule has 1 aromatic carbocycles. The summed E-state index contributed by atoms with van der Waals surface area (Å²) in [5.74, 6) is -0.297. The Morgan fingerprint density at radius 3 is 2.62 bits per heavy atom. The van der Waals surface area contributed by atoms with E-state index in [1.54, 1.807) is 7.05 Å². The zero-order valence-corrected chi connectivity index (χ0v) is 14.2. The fraction of sp³-hybridized carbons (Fsp3) is 0.375. The molecule has 0 saturated heterocycles. The van der Waals surface area contributed by atoms with Crippen LogP contribution < -0.4 is 10.0 Å². The van der Waals surface area contributed by atoms with E-state index in [2.05, 4.69) is 15.1 Å². The summed E-state index contributed by atoms with van der Waals surface area (Å²) < 4.78 is 28.9. The van der Waals surface area contributed by atoms with Gasteiger partial charge in [0, 0.05) is 19.3 Å². The third-order valence-corrected chi connectivity index (χ3v) is 5.24. The summed E-state index contributed by atoms with van der Waals surface area (Å²) in [6.07, 6.45) is 4.85. The first kappa shape index (κ1) is 16.7. The zero-order valence-electron chi connectivity index (χ0n) is 13.3. The molecule has 24 heavy (non-hydrogen) atoms. The lowest BCUT2D eigenvalue weighted by Crippen LogP contribution is -2.48. The molecule has 0 bridgehead atoms. The smallest absolute Gasteiger partial charge is 0.244 e. The highest BCUT2D eigenvalue weighted by Crippen LogP contribution is 2.19. The van der Waals surface area contributed by atoms with E-state index in [-0.39, 0.29) is 16.8 Å². The van der Waals surface area contributed by atoms with Gasteiger partial charge in [-0.15, -0.1) is 0 Å². The minimum atomic E-state index is -3.81. The molecule has 1 atom stereocenters. The summed E-state index contributed by atoms with van der Waals surface area (Å²) in [6, 6.07) is 8.65. The maximum atomic E-state index is 12.5. The molecule has 2 aromatic rings. The highest BCUT2D eigenvalue weighted by atomic mass is 32.2. The van der Waals surface area contributed by atoms with E-state index in [0.717, 1.165) is 18.4 Å². The van der Waals surface area contributed by atoms with E-state index < -0.39 is 16.1 Å². The molecule has 1 amide bonds. The summed E-state index contributed by atoms with van der Waals surface area (Å²) in [5, 5.41) is 6.74. The lowest BCUT2D eigenvalue weighted by Gasteiger charge is -2.18. The van der Waals surface area contributed by atoms with Crippen molar-refractivity contribution in [2.24, 2.45) is 7.05 Å². The molecule has 0 radical (unpaired) electrons. The maximum absolute atomic E-state index is 12.5. The predicted molar refractivity (Wildman–Crippen MR) is 88.6 cm³/mol. The van der Waals surface area contributed by atoms with Crippen LogP contribution in [0, 0.1) is 0 Å². The van der Waals surface area contributed by atoms with Crippen molar-refractivity contribution in [3.05, 3.63) is 48.3 Å². The van der Waals surface area contributed by atoms with Crippen LogP contribution in [0.15, 0.2) is 47.6 Å². The highest BCUT2D eigenvalue weighted by molar-refractivity contribution is 7.89. The number of nitrogens with zero attached hydrogens (tertiary/aromatic N) is 2. The van der Waals surface area contributed by atoms with Crippen molar-refractivity contribution in [2.75, 3.05) is 0 Å². The topological polar surface area (TPSA) is 93.1 Å². The first-order chi connectivity index (χ1) is 11.4. The fourth-order valence-corrected chi connectivity index (χ4v) is 3.54. The molecule has 0 aliphatic heterocycles. The second-order valence-corrected chi connectivity index (χ2v) is 7.71. The van der Waals surface area contributed by atoms with Gasteiger partial charge in [-0.3, -0.25) is 9.48 Å². The van der Waals surface area contributed by atoms with Crippen LogP contribution in [0.4, 0.5) is 0 Å². The molecule has 1 aromatic heterocycles. The van der Waals surface area contributed by atoms with Crippen molar-refractivity contribution in [2.45, 2.75) is 36.2 Å². The number of amides is 1. The fourth-order valence-electron chi connectivity index (χ4n) is 2.36. The summed E-state index contributed by atoms with van der Waals surface area (Å²) in [5.41, 5.74) is 0.891. The van der Waals surface area contributed by atoms with Crippen molar-refractivity contribution in [1.29, 1.82) is 0 Å². The normalized spacial score (nSPS) is 15.9. The molecule has 2 N–H and O–H groups in total. The third-order valence-electron chi connectivity index (χ3n) is 3.81.